The largest absolute Gasteiger partial charge is 0.313 e. The van der Waals surface area contributed by atoms with Crippen molar-refractivity contribution in [3.05, 3.63) is 35.9 Å². The Morgan fingerprint density at radius 1 is 1.33 bits per heavy atom. The molecule has 0 aromatic heterocycles. The monoisotopic (exact) mass is 246 g/mol. The molecule has 0 bridgehead atoms. The van der Waals surface area contributed by atoms with E-state index in [9.17, 15) is 0 Å². The fourth-order valence-electron chi connectivity index (χ4n) is 2.65. The van der Waals surface area contributed by atoms with E-state index in [1.54, 1.807) is 0 Å². The molecule has 1 aromatic rings. The first-order valence-corrected chi connectivity index (χ1v) is 7.30. The molecule has 0 radical (unpaired) electrons. The van der Waals surface area contributed by atoms with Gasteiger partial charge in [0.05, 0.1) is 0 Å². The third kappa shape index (κ3) is 3.82. The van der Waals surface area contributed by atoms with Crippen LogP contribution in [0, 0.1) is 0 Å². The normalized spacial score (nSPS) is 22.2. The number of hydrogen-bond acceptors (Lipinski definition) is 2. The van der Waals surface area contributed by atoms with Crippen molar-refractivity contribution in [2.45, 2.75) is 38.6 Å². The van der Waals surface area contributed by atoms with Gasteiger partial charge in [0.15, 0.2) is 0 Å². The van der Waals surface area contributed by atoms with Gasteiger partial charge in [-0.15, -0.1) is 0 Å². The Morgan fingerprint density at radius 3 is 2.83 bits per heavy atom. The molecule has 18 heavy (non-hydrogen) atoms. The molecular weight excluding hydrogens is 220 g/mol. The lowest BCUT2D eigenvalue weighted by molar-refractivity contribution is 0.324. The van der Waals surface area contributed by atoms with Gasteiger partial charge in [-0.25, -0.2) is 0 Å². The maximum absolute atomic E-state index is 3.57. The minimum Gasteiger partial charge on any atom is -0.313 e. The number of benzene rings is 1. The van der Waals surface area contributed by atoms with Gasteiger partial charge in [0, 0.05) is 25.7 Å². The zero-order chi connectivity index (χ0) is 12.8. The fraction of sp³-hybridized carbons (Fsp3) is 0.625. The van der Waals surface area contributed by atoms with Crippen molar-refractivity contribution in [2.24, 2.45) is 0 Å². The van der Waals surface area contributed by atoms with Crippen LogP contribution in [0.25, 0.3) is 0 Å². The Bertz CT molecular complexity index is 336. The number of rotatable bonds is 6. The minimum absolute atomic E-state index is 0.650. The van der Waals surface area contributed by atoms with Gasteiger partial charge < -0.3 is 10.2 Å². The molecule has 2 unspecified atom stereocenters. The summed E-state index contributed by atoms with van der Waals surface area (Å²) in [5.74, 6) is 0.745. The second kappa shape index (κ2) is 6.91. The highest BCUT2D eigenvalue weighted by Crippen LogP contribution is 2.26. The molecule has 1 aliphatic heterocycles. The average molecular weight is 246 g/mol. The van der Waals surface area contributed by atoms with Crippen LogP contribution in [0.5, 0.6) is 0 Å². The van der Waals surface area contributed by atoms with Gasteiger partial charge in [0.1, 0.15) is 0 Å². The van der Waals surface area contributed by atoms with Gasteiger partial charge >= 0.3 is 0 Å². The second-order valence-corrected chi connectivity index (χ2v) is 5.46. The number of nitrogens with zero attached hydrogens (tertiary/aromatic N) is 1. The van der Waals surface area contributed by atoms with Crippen molar-refractivity contribution in [3.8, 4) is 0 Å². The molecular formula is C16H26N2. The van der Waals surface area contributed by atoms with Gasteiger partial charge in [0.25, 0.3) is 0 Å². The van der Waals surface area contributed by atoms with Gasteiger partial charge in [-0.1, -0.05) is 37.3 Å². The summed E-state index contributed by atoms with van der Waals surface area (Å²) in [6, 6.07) is 11.6. The summed E-state index contributed by atoms with van der Waals surface area (Å²) in [5.41, 5.74) is 1.51. The summed E-state index contributed by atoms with van der Waals surface area (Å²) in [5, 5.41) is 3.57. The molecule has 1 N–H and O–H groups in total. The predicted molar refractivity (Wildman–Crippen MR) is 78.0 cm³/mol. The Balaban J connectivity index is 1.72. The van der Waals surface area contributed by atoms with Crippen LogP contribution in [-0.4, -0.2) is 37.1 Å². The highest BCUT2D eigenvalue weighted by molar-refractivity contribution is 5.20. The highest BCUT2D eigenvalue weighted by Gasteiger charge is 2.22. The molecule has 100 valence electrons. The zero-order valence-corrected chi connectivity index (χ0v) is 11.7. The Hall–Kier alpha value is -0.860. The summed E-state index contributed by atoms with van der Waals surface area (Å²) in [7, 11) is 0. The predicted octanol–water partition coefficient (Wildman–Crippen LogP) is 2.86. The van der Waals surface area contributed by atoms with Gasteiger partial charge in [-0.2, -0.15) is 0 Å². The van der Waals surface area contributed by atoms with E-state index in [1.807, 2.05) is 0 Å². The van der Waals surface area contributed by atoms with E-state index in [0.29, 0.717) is 6.04 Å². The lowest BCUT2D eigenvalue weighted by Gasteiger charge is -2.18. The Morgan fingerprint density at radius 2 is 2.11 bits per heavy atom. The SMILES string of the molecule is CCC(C)NCCN1CCC(c2ccccc2)C1. The summed E-state index contributed by atoms with van der Waals surface area (Å²) < 4.78 is 0. The molecule has 0 saturated carbocycles. The van der Waals surface area contributed by atoms with E-state index < -0.39 is 0 Å². The average Bonchev–Trinajstić information content (AvgIpc) is 2.88. The lowest BCUT2D eigenvalue weighted by atomic mass is 9.99. The molecule has 2 rings (SSSR count). The molecule has 0 spiro atoms. The van der Waals surface area contributed by atoms with E-state index in [2.05, 4.69) is 54.4 Å². The Labute approximate surface area is 111 Å². The van der Waals surface area contributed by atoms with Gasteiger partial charge in [-0.05, 0) is 37.8 Å². The third-order valence-electron chi connectivity index (χ3n) is 4.08. The molecule has 2 nitrogen and oxygen atoms in total. The van der Waals surface area contributed by atoms with Crippen LogP contribution in [0.2, 0.25) is 0 Å². The first kappa shape index (κ1) is 13.6. The topological polar surface area (TPSA) is 15.3 Å². The second-order valence-electron chi connectivity index (χ2n) is 5.46. The molecule has 1 saturated heterocycles. The summed E-state index contributed by atoms with van der Waals surface area (Å²) >= 11 is 0. The van der Waals surface area contributed by atoms with Crippen LogP contribution in [0.4, 0.5) is 0 Å². The van der Waals surface area contributed by atoms with Crippen LogP contribution in [0.1, 0.15) is 38.2 Å². The van der Waals surface area contributed by atoms with Crippen molar-refractivity contribution in [1.82, 2.24) is 10.2 Å². The smallest absolute Gasteiger partial charge is 0.0107 e. The van der Waals surface area contributed by atoms with Crippen LogP contribution < -0.4 is 5.32 Å². The van der Waals surface area contributed by atoms with E-state index >= 15 is 0 Å². The van der Waals surface area contributed by atoms with Crippen LogP contribution >= 0.6 is 0 Å². The highest BCUT2D eigenvalue weighted by atomic mass is 15.2. The van der Waals surface area contributed by atoms with E-state index in [1.165, 1.54) is 38.0 Å². The lowest BCUT2D eigenvalue weighted by Crippen LogP contribution is -2.34. The van der Waals surface area contributed by atoms with E-state index in [-0.39, 0.29) is 0 Å². The van der Waals surface area contributed by atoms with Gasteiger partial charge in [-0.3, -0.25) is 0 Å². The first-order valence-electron chi connectivity index (χ1n) is 7.30. The van der Waals surface area contributed by atoms with Crippen LogP contribution in [0.3, 0.4) is 0 Å². The van der Waals surface area contributed by atoms with Crippen molar-refractivity contribution in [1.29, 1.82) is 0 Å². The zero-order valence-electron chi connectivity index (χ0n) is 11.7. The number of nitrogens with one attached hydrogen (secondary N) is 1. The maximum Gasteiger partial charge on any atom is 0.0107 e. The molecule has 1 aliphatic rings. The minimum atomic E-state index is 0.650. The quantitative estimate of drug-likeness (QED) is 0.830. The molecule has 2 atom stereocenters. The van der Waals surface area contributed by atoms with Crippen molar-refractivity contribution in [2.75, 3.05) is 26.2 Å². The molecule has 2 heteroatoms. The number of likely N-dealkylation sites (tertiary alicyclic amines) is 1. The molecule has 1 fully saturated rings. The van der Waals surface area contributed by atoms with Crippen molar-refractivity contribution < 1.29 is 0 Å². The summed E-state index contributed by atoms with van der Waals surface area (Å²) in [6.45, 7) is 9.29. The van der Waals surface area contributed by atoms with Crippen molar-refractivity contribution in [3.63, 3.8) is 0 Å². The van der Waals surface area contributed by atoms with Gasteiger partial charge in [0.2, 0.25) is 0 Å². The summed E-state index contributed by atoms with van der Waals surface area (Å²) in [4.78, 5) is 2.59. The third-order valence-corrected chi connectivity index (χ3v) is 4.08. The molecule has 0 amide bonds. The van der Waals surface area contributed by atoms with Crippen LogP contribution in [-0.2, 0) is 0 Å². The van der Waals surface area contributed by atoms with Crippen molar-refractivity contribution >= 4 is 0 Å². The summed E-state index contributed by atoms with van der Waals surface area (Å²) in [6.07, 6.45) is 2.53. The molecule has 1 heterocycles. The Kier molecular flexibility index (Phi) is 5.21. The van der Waals surface area contributed by atoms with E-state index in [0.717, 1.165) is 12.5 Å². The fourth-order valence-corrected chi connectivity index (χ4v) is 2.65. The van der Waals surface area contributed by atoms with Crippen LogP contribution in [0.15, 0.2) is 30.3 Å². The molecule has 0 aliphatic carbocycles. The maximum atomic E-state index is 3.57. The standard InChI is InChI=1S/C16H26N2/c1-3-14(2)17-10-12-18-11-9-16(13-18)15-7-5-4-6-8-15/h4-8,14,16-17H,3,9-13H2,1-2H3. The first-order chi connectivity index (χ1) is 8.79. The number of hydrogen-bond donors (Lipinski definition) is 1. The molecule has 1 aromatic carbocycles. The van der Waals surface area contributed by atoms with E-state index in [4.69, 9.17) is 0 Å².